The minimum absolute atomic E-state index is 0.00672. The molecule has 0 aromatic carbocycles. The molecule has 23 nitrogen and oxygen atoms in total. The third-order valence-electron chi connectivity index (χ3n) is 20.8. The molecule has 4 heterocycles. The van der Waals surface area contributed by atoms with E-state index in [1.165, 1.54) is 0 Å². The first-order valence-corrected chi connectivity index (χ1v) is 27.4. The van der Waals surface area contributed by atoms with Crippen LogP contribution in [0.5, 0.6) is 0 Å². The molecule has 0 spiro atoms. The fourth-order valence-corrected chi connectivity index (χ4v) is 16.0. The maximum atomic E-state index is 12.8. The Morgan fingerprint density at radius 2 is 1.18 bits per heavy atom. The third kappa shape index (κ3) is 10.5. The maximum Gasteiger partial charge on any atom is 0.187 e. The van der Waals surface area contributed by atoms with Crippen LogP contribution < -0.4 is 0 Å². The molecule has 4 aliphatic heterocycles. The predicted octanol–water partition coefficient (Wildman–Crippen LogP) is -2.59. The van der Waals surface area contributed by atoms with Crippen molar-refractivity contribution in [3.8, 4) is 0 Å². The first-order chi connectivity index (χ1) is 35.5. The second-order valence-electron chi connectivity index (χ2n) is 25.4. The highest BCUT2D eigenvalue weighted by Crippen LogP contribution is 2.76. The molecule has 0 aromatic rings. The van der Waals surface area contributed by atoms with Gasteiger partial charge in [0.25, 0.3) is 0 Å². The van der Waals surface area contributed by atoms with Crippen LogP contribution in [0.2, 0.25) is 0 Å². The average molecular weight is 1100 g/mol. The van der Waals surface area contributed by atoms with Crippen LogP contribution in [0.3, 0.4) is 0 Å². The van der Waals surface area contributed by atoms with Gasteiger partial charge in [0.05, 0.1) is 50.3 Å². The van der Waals surface area contributed by atoms with Crippen molar-refractivity contribution in [3.63, 3.8) is 0 Å². The zero-order chi connectivity index (χ0) is 55.9. The second-order valence-corrected chi connectivity index (χ2v) is 25.4. The second kappa shape index (κ2) is 22.9. The van der Waals surface area contributed by atoms with Gasteiger partial charge in [-0.3, -0.25) is 0 Å². The molecule has 4 aliphatic carbocycles. The number of fused-ring (bicyclic) bond motifs is 5. The van der Waals surface area contributed by atoms with Crippen molar-refractivity contribution in [2.24, 2.45) is 45.3 Å². The Morgan fingerprint density at radius 3 is 1.82 bits per heavy atom. The quantitative estimate of drug-likeness (QED) is 0.0557. The summed E-state index contributed by atoms with van der Waals surface area (Å²) < 4.78 is 48.6. The summed E-state index contributed by atoms with van der Waals surface area (Å²) in [7, 11) is 0. The molecule has 0 unspecified atom stereocenters. The van der Waals surface area contributed by atoms with Gasteiger partial charge >= 0.3 is 0 Å². The van der Waals surface area contributed by atoms with E-state index < -0.39 is 171 Å². The Hall–Kier alpha value is -1.18. The average Bonchev–Trinajstić information content (AvgIpc) is 3.76. The van der Waals surface area contributed by atoms with E-state index in [4.69, 9.17) is 37.9 Å². The van der Waals surface area contributed by atoms with Crippen LogP contribution in [0.25, 0.3) is 0 Å². The summed E-state index contributed by atoms with van der Waals surface area (Å²) in [6.45, 7) is 16.4. The van der Waals surface area contributed by atoms with E-state index in [9.17, 15) is 76.6 Å². The molecule has 440 valence electrons. The van der Waals surface area contributed by atoms with Gasteiger partial charge in [-0.15, -0.1) is 0 Å². The Kier molecular flexibility index (Phi) is 18.3. The van der Waals surface area contributed by atoms with E-state index >= 15 is 0 Å². The van der Waals surface area contributed by atoms with Gasteiger partial charge < -0.3 is 114 Å². The first-order valence-electron chi connectivity index (χ1n) is 27.4. The van der Waals surface area contributed by atoms with Crippen molar-refractivity contribution in [2.45, 2.75) is 247 Å². The highest BCUT2D eigenvalue weighted by Gasteiger charge is 2.72. The largest absolute Gasteiger partial charge is 0.394 e. The van der Waals surface area contributed by atoms with E-state index in [1.807, 2.05) is 6.92 Å². The number of ether oxygens (including phenoxy) is 8. The molecular weight excluding hydrogens is 1000 g/mol. The molecule has 0 radical (unpaired) electrons. The normalized spacial score (nSPS) is 52.7. The lowest BCUT2D eigenvalue weighted by molar-refractivity contribution is -0.378. The molecule has 0 bridgehead atoms. The molecule has 0 aromatic heterocycles. The molecule has 30 atom stereocenters. The lowest BCUT2D eigenvalue weighted by Crippen LogP contribution is -2.68. The smallest absolute Gasteiger partial charge is 0.187 e. The van der Waals surface area contributed by atoms with Gasteiger partial charge in [-0.25, -0.2) is 0 Å². The molecule has 8 rings (SSSR count). The fourth-order valence-electron chi connectivity index (χ4n) is 16.0. The molecule has 15 N–H and O–H groups in total. The Morgan fingerprint density at radius 1 is 0.618 bits per heavy atom. The van der Waals surface area contributed by atoms with Crippen molar-refractivity contribution >= 4 is 0 Å². The third-order valence-corrected chi connectivity index (χ3v) is 20.8. The number of rotatable bonds is 16. The molecule has 8 fully saturated rings. The van der Waals surface area contributed by atoms with Crippen LogP contribution in [0.15, 0.2) is 12.2 Å². The molecule has 8 aliphatic rings. The van der Waals surface area contributed by atoms with Crippen molar-refractivity contribution < 1.29 is 114 Å². The van der Waals surface area contributed by atoms with Crippen LogP contribution in [-0.4, -0.2) is 244 Å². The molecular formula is C53H90O23. The minimum atomic E-state index is -1.82. The summed E-state index contributed by atoms with van der Waals surface area (Å²) in [5.41, 5.74) is -2.42. The van der Waals surface area contributed by atoms with Gasteiger partial charge in [-0.05, 0) is 117 Å². The lowest BCUT2D eigenvalue weighted by Gasteiger charge is -2.71. The highest BCUT2D eigenvalue weighted by atomic mass is 16.8. The Bertz CT molecular complexity index is 1970. The van der Waals surface area contributed by atoms with Gasteiger partial charge in [-0.2, -0.15) is 0 Å². The molecule has 0 amide bonds. The van der Waals surface area contributed by atoms with Gasteiger partial charge in [0.15, 0.2) is 25.2 Å². The summed E-state index contributed by atoms with van der Waals surface area (Å²) in [5.74, 6) is -0.690. The fraction of sp³-hybridized carbons (Fsp3) is 0.962. The van der Waals surface area contributed by atoms with Crippen LogP contribution in [0.1, 0.15) is 106 Å². The Labute approximate surface area is 444 Å². The Balaban J connectivity index is 1.02. The monoisotopic (exact) mass is 1090 g/mol. The van der Waals surface area contributed by atoms with E-state index in [1.54, 1.807) is 6.92 Å². The first kappa shape index (κ1) is 60.9. The van der Waals surface area contributed by atoms with Gasteiger partial charge in [0.2, 0.25) is 0 Å². The number of hydrogen-bond donors (Lipinski definition) is 15. The molecule has 4 saturated carbocycles. The summed E-state index contributed by atoms with van der Waals surface area (Å²) in [4.78, 5) is 0. The minimum Gasteiger partial charge on any atom is -0.394 e. The maximum absolute atomic E-state index is 12.8. The summed E-state index contributed by atoms with van der Waals surface area (Å²) in [6.07, 6.45) is -27.3. The van der Waals surface area contributed by atoms with Crippen LogP contribution in [0, 0.1) is 45.3 Å². The SMILES string of the molecule is C=C(C)[C@@H](O)CC[C@](C)(O[C@@H]1O[C@H](CO[C@@H]2OC[C@@H](O)[C@H](O)[C@H]2O)[C@@H](O)[C@H](O)[C@H]1O)[C@H]1CC[C@]2(C)[C@@H]1[C@H](O)C[C@@H]1[C@@]3(C)CC[C@H](O[C@@H]4O[C@H](CO)[C@@H](O)[C@H](O)[C@H]4O[C@@H]4O[C@H](CO)[C@@H](O)[C@H](O)[C@H]4O)C(C)(C)[C@@H]3CC[C@]12C. The molecule has 23 heteroatoms. The van der Waals surface area contributed by atoms with Crippen molar-refractivity contribution in [1.29, 1.82) is 0 Å². The van der Waals surface area contributed by atoms with Crippen molar-refractivity contribution in [2.75, 3.05) is 26.4 Å². The van der Waals surface area contributed by atoms with E-state index in [2.05, 4.69) is 41.2 Å². The lowest BCUT2D eigenvalue weighted by atomic mass is 9.35. The summed E-state index contributed by atoms with van der Waals surface area (Å²) in [5, 5.41) is 162. The predicted molar refractivity (Wildman–Crippen MR) is 262 cm³/mol. The van der Waals surface area contributed by atoms with Gasteiger partial charge in [0.1, 0.15) is 91.6 Å². The van der Waals surface area contributed by atoms with Crippen LogP contribution in [-0.2, 0) is 37.9 Å². The van der Waals surface area contributed by atoms with E-state index in [0.717, 1.165) is 12.8 Å². The van der Waals surface area contributed by atoms with Gasteiger partial charge in [-0.1, -0.05) is 46.8 Å². The zero-order valence-corrected chi connectivity index (χ0v) is 44.9. The van der Waals surface area contributed by atoms with Gasteiger partial charge in [0, 0.05) is 0 Å². The van der Waals surface area contributed by atoms with E-state index in [0.29, 0.717) is 37.7 Å². The van der Waals surface area contributed by atoms with Crippen LogP contribution >= 0.6 is 0 Å². The zero-order valence-electron chi connectivity index (χ0n) is 44.9. The van der Waals surface area contributed by atoms with Crippen molar-refractivity contribution in [1.82, 2.24) is 0 Å². The van der Waals surface area contributed by atoms with Crippen molar-refractivity contribution in [3.05, 3.63) is 12.2 Å². The number of aliphatic hydroxyl groups excluding tert-OH is 15. The van der Waals surface area contributed by atoms with Crippen LogP contribution in [0.4, 0.5) is 0 Å². The number of hydrogen-bond acceptors (Lipinski definition) is 23. The summed E-state index contributed by atoms with van der Waals surface area (Å²) in [6, 6.07) is 0. The molecule has 76 heavy (non-hydrogen) atoms. The standard InChI is InChI=1S/C53H90O23/c1-22(2)24(56)10-16-53(8,76-47-43(68)39(64)37(62)29(73-47)21-70-45-41(66)34(59)26(58)20-69-45)23-9-14-52(7)33(23)25(57)17-31-50(5)13-12-32(49(3,4)30(50)11-15-51(31,52)6)74-48-44(40(65)36(61)28(19-55)72-48)75-46-42(67)38(63)35(60)27(18-54)71-46/h23-48,54-68H,1,9-21H2,2-8H3/t23-,24-,25+,26+,27+,28+,29+,30-,31+,32-,33-,34-,35+,36+,37+,38-,39-,40-,41+,42+,43+,44+,45-,46-,47-,48-,50-,51+,52+,53-/m0/s1. The highest BCUT2D eigenvalue weighted by molar-refractivity contribution is 5.20. The number of aliphatic hydroxyl groups is 15. The summed E-state index contributed by atoms with van der Waals surface area (Å²) >= 11 is 0. The molecule has 4 saturated heterocycles. The van der Waals surface area contributed by atoms with E-state index in [-0.39, 0.29) is 54.0 Å². The topological polar surface area (TPSA) is 377 Å².